The van der Waals surface area contributed by atoms with E-state index in [2.05, 4.69) is 15.9 Å². The highest BCUT2D eigenvalue weighted by atomic mass is 79.9. The number of halogens is 2. The van der Waals surface area contributed by atoms with Gasteiger partial charge >= 0.3 is 0 Å². The van der Waals surface area contributed by atoms with Gasteiger partial charge in [-0.1, -0.05) is 33.1 Å². The molecule has 0 radical (unpaired) electrons. The summed E-state index contributed by atoms with van der Waals surface area (Å²) in [6.45, 7) is 3.84. The summed E-state index contributed by atoms with van der Waals surface area (Å²) < 4.78 is 14.4. The topological polar surface area (TPSA) is 17.1 Å². The largest absolute Gasteiger partial charge is 0.288 e. The van der Waals surface area contributed by atoms with E-state index in [1.54, 1.807) is 18.2 Å². The van der Waals surface area contributed by atoms with Gasteiger partial charge in [0.2, 0.25) is 0 Å². The first-order valence-electron chi connectivity index (χ1n) is 5.55. The average molecular weight is 307 g/mol. The van der Waals surface area contributed by atoms with Gasteiger partial charge < -0.3 is 0 Å². The summed E-state index contributed by atoms with van der Waals surface area (Å²) in [5.74, 6) is -0.789. The Kier molecular flexibility index (Phi) is 3.62. The van der Waals surface area contributed by atoms with Gasteiger partial charge in [0.1, 0.15) is 5.82 Å². The molecule has 1 nitrogen and oxygen atoms in total. The zero-order valence-electron chi connectivity index (χ0n) is 10.1. The summed E-state index contributed by atoms with van der Waals surface area (Å²) in [6, 6.07) is 9.91. The number of hydrogen-bond donors (Lipinski definition) is 0. The number of aryl methyl sites for hydroxylation is 2. The van der Waals surface area contributed by atoms with E-state index in [4.69, 9.17) is 0 Å². The van der Waals surface area contributed by atoms with Gasteiger partial charge in [0, 0.05) is 10.0 Å². The second-order valence-corrected chi connectivity index (χ2v) is 5.25. The molecule has 0 saturated carbocycles. The van der Waals surface area contributed by atoms with Crippen LogP contribution in [-0.2, 0) is 0 Å². The Hall–Kier alpha value is -1.48. The second kappa shape index (κ2) is 5.02. The maximum Gasteiger partial charge on any atom is 0.196 e. The van der Waals surface area contributed by atoms with Crippen LogP contribution in [-0.4, -0.2) is 5.78 Å². The third-order valence-corrected chi connectivity index (χ3v) is 3.15. The molecule has 0 bridgehead atoms. The molecule has 0 fully saturated rings. The van der Waals surface area contributed by atoms with E-state index in [0.29, 0.717) is 10.0 Å². The molecule has 0 saturated heterocycles. The third-order valence-electron chi connectivity index (χ3n) is 2.66. The van der Waals surface area contributed by atoms with Gasteiger partial charge in [-0.25, -0.2) is 4.39 Å². The molecule has 0 N–H and O–H groups in total. The highest BCUT2D eigenvalue weighted by Gasteiger charge is 2.14. The normalized spacial score (nSPS) is 10.4. The lowest BCUT2D eigenvalue weighted by molar-refractivity contribution is 0.103. The van der Waals surface area contributed by atoms with E-state index < -0.39 is 5.82 Å². The van der Waals surface area contributed by atoms with E-state index in [1.165, 1.54) is 12.1 Å². The van der Waals surface area contributed by atoms with E-state index >= 15 is 0 Å². The van der Waals surface area contributed by atoms with Gasteiger partial charge in [0.15, 0.2) is 5.78 Å². The number of hydrogen-bond acceptors (Lipinski definition) is 1. The molecular weight excluding hydrogens is 295 g/mol. The molecule has 0 unspecified atom stereocenters. The van der Waals surface area contributed by atoms with Crippen LogP contribution in [0.2, 0.25) is 0 Å². The number of rotatable bonds is 2. The minimum atomic E-state index is -0.498. The fraction of sp³-hybridized carbons (Fsp3) is 0.133. The van der Waals surface area contributed by atoms with Crippen LogP contribution < -0.4 is 0 Å². The van der Waals surface area contributed by atoms with Crippen molar-refractivity contribution in [2.45, 2.75) is 13.8 Å². The van der Waals surface area contributed by atoms with Crippen molar-refractivity contribution >= 4 is 21.7 Å². The average Bonchev–Trinajstić information content (AvgIpc) is 2.30. The molecular formula is C15H12BrFO. The van der Waals surface area contributed by atoms with Crippen LogP contribution in [0, 0.1) is 19.7 Å². The minimum absolute atomic E-state index is 0.0920. The molecule has 0 atom stereocenters. The maximum atomic E-state index is 13.7. The molecule has 0 aliphatic carbocycles. The van der Waals surface area contributed by atoms with Crippen molar-refractivity contribution in [3.05, 3.63) is 68.9 Å². The van der Waals surface area contributed by atoms with E-state index in [9.17, 15) is 9.18 Å². The van der Waals surface area contributed by atoms with Gasteiger partial charge in [-0.3, -0.25) is 4.79 Å². The fourth-order valence-corrected chi connectivity index (χ4v) is 2.29. The van der Waals surface area contributed by atoms with Crippen molar-refractivity contribution < 1.29 is 9.18 Å². The van der Waals surface area contributed by atoms with Crippen LogP contribution in [0.4, 0.5) is 4.39 Å². The minimum Gasteiger partial charge on any atom is -0.288 e. The van der Waals surface area contributed by atoms with Crippen LogP contribution in [0.3, 0.4) is 0 Å². The van der Waals surface area contributed by atoms with Crippen LogP contribution in [0.15, 0.2) is 40.9 Å². The van der Waals surface area contributed by atoms with E-state index in [0.717, 1.165) is 11.1 Å². The molecule has 0 amide bonds. The van der Waals surface area contributed by atoms with Gasteiger partial charge in [-0.2, -0.15) is 0 Å². The van der Waals surface area contributed by atoms with Gasteiger partial charge in [0.25, 0.3) is 0 Å². The predicted octanol–water partition coefficient (Wildman–Crippen LogP) is 4.44. The molecule has 0 spiro atoms. The first-order chi connectivity index (χ1) is 8.47. The monoisotopic (exact) mass is 306 g/mol. The third kappa shape index (κ3) is 2.67. The van der Waals surface area contributed by atoms with Crippen LogP contribution >= 0.6 is 15.9 Å². The summed E-state index contributed by atoms with van der Waals surface area (Å²) in [7, 11) is 0. The van der Waals surface area contributed by atoms with Crippen molar-refractivity contribution in [1.29, 1.82) is 0 Å². The molecule has 2 aromatic carbocycles. The lowest BCUT2D eigenvalue weighted by Gasteiger charge is -2.06. The first-order valence-corrected chi connectivity index (χ1v) is 6.35. The van der Waals surface area contributed by atoms with E-state index in [1.807, 2.05) is 19.9 Å². The van der Waals surface area contributed by atoms with Crippen molar-refractivity contribution in [3.8, 4) is 0 Å². The van der Waals surface area contributed by atoms with Crippen molar-refractivity contribution in [1.82, 2.24) is 0 Å². The molecule has 18 heavy (non-hydrogen) atoms. The maximum absolute atomic E-state index is 13.7. The zero-order chi connectivity index (χ0) is 13.3. The van der Waals surface area contributed by atoms with E-state index in [-0.39, 0.29) is 11.3 Å². The quantitative estimate of drug-likeness (QED) is 0.750. The standard InChI is InChI=1S/C15H12BrFO/c1-9-5-10(2)7-11(6-9)15(18)13-8-12(16)3-4-14(13)17/h3-8H,1-2H3. The molecule has 0 aliphatic heterocycles. The molecule has 2 rings (SSSR count). The lowest BCUT2D eigenvalue weighted by Crippen LogP contribution is -2.05. The summed E-state index contributed by atoms with van der Waals surface area (Å²) in [5.41, 5.74) is 2.60. The Morgan fingerprint density at radius 3 is 2.28 bits per heavy atom. The molecule has 92 valence electrons. The summed E-state index contributed by atoms with van der Waals surface area (Å²) in [4.78, 5) is 12.3. The Bertz CT molecular complexity index is 600. The van der Waals surface area contributed by atoms with Crippen molar-refractivity contribution in [2.24, 2.45) is 0 Å². The Labute approximate surface area is 114 Å². The molecule has 0 aromatic heterocycles. The Balaban J connectivity index is 2.51. The molecule has 0 heterocycles. The highest BCUT2D eigenvalue weighted by molar-refractivity contribution is 9.10. The highest BCUT2D eigenvalue weighted by Crippen LogP contribution is 2.20. The smallest absolute Gasteiger partial charge is 0.196 e. The Morgan fingerprint density at radius 1 is 1.06 bits per heavy atom. The Morgan fingerprint density at radius 2 is 1.67 bits per heavy atom. The lowest BCUT2D eigenvalue weighted by atomic mass is 9.99. The van der Waals surface area contributed by atoms with Crippen molar-refractivity contribution in [3.63, 3.8) is 0 Å². The number of benzene rings is 2. The SMILES string of the molecule is Cc1cc(C)cc(C(=O)c2cc(Br)ccc2F)c1. The predicted molar refractivity (Wildman–Crippen MR) is 73.4 cm³/mol. The van der Waals surface area contributed by atoms with Gasteiger partial charge in [0.05, 0.1) is 5.56 Å². The summed E-state index contributed by atoms with van der Waals surface area (Å²) in [5, 5.41) is 0. The number of carbonyl (C=O) groups is 1. The molecule has 3 heteroatoms. The zero-order valence-corrected chi connectivity index (χ0v) is 11.7. The van der Waals surface area contributed by atoms with Gasteiger partial charge in [-0.15, -0.1) is 0 Å². The first kappa shape index (κ1) is 13.0. The van der Waals surface area contributed by atoms with Gasteiger partial charge in [-0.05, 0) is 44.2 Å². The number of ketones is 1. The number of carbonyl (C=O) groups excluding carboxylic acids is 1. The van der Waals surface area contributed by atoms with Crippen LogP contribution in [0.1, 0.15) is 27.0 Å². The van der Waals surface area contributed by atoms with Crippen LogP contribution in [0.25, 0.3) is 0 Å². The second-order valence-electron chi connectivity index (χ2n) is 4.33. The summed E-state index contributed by atoms with van der Waals surface area (Å²) in [6.07, 6.45) is 0. The molecule has 0 aliphatic rings. The molecule has 2 aromatic rings. The van der Waals surface area contributed by atoms with Crippen LogP contribution in [0.5, 0.6) is 0 Å². The van der Waals surface area contributed by atoms with Crippen molar-refractivity contribution in [2.75, 3.05) is 0 Å². The fourth-order valence-electron chi connectivity index (χ4n) is 1.93. The summed E-state index contributed by atoms with van der Waals surface area (Å²) >= 11 is 3.25.